The Bertz CT molecular complexity index is 537. The number of methoxy groups -OCH3 is 1. The van der Waals surface area contributed by atoms with Gasteiger partial charge in [0, 0.05) is 5.56 Å². The zero-order valence-corrected chi connectivity index (χ0v) is 9.77. The van der Waals surface area contributed by atoms with Crippen molar-refractivity contribution in [1.82, 2.24) is 9.78 Å². The number of hydrogen-bond acceptors (Lipinski definition) is 3. The average molecular weight is 235 g/mol. The first-order valence-electron chi connectivity index (χ1n) is 5.22. The minimum Gasteiger partial charge on any atom is -0.494 e. The van der Waals surface area contributed by atoms with Crippen LogP contribution in [0.1, 0.15) is 11.1 Å². The van der Waals surface area contributed by atoms with Gasteiger partial charge in [0.15, 0.2) is 11.6 Å². The predicted octanol–water partition coefficient (Wildman–Crippen LogP) is 1.97. The molecule has 0 bridgehead atoms. The van der Waals surface area contributed by atoms with Gasteiger partial charge in [0.25, 0.3) is 0 Å². The van der Waals surface area contributed by atoms with Crippen LogP contribution in [-0.4, -0.2) is 16.9 Å². The molecule has 1 aromatic carbocycles. The van der Waals surface area contributed by atoms with Crippen molar-refractivity contribution in [3.63, 3.8) is 0 Å². The van der Waals surface area contributed by atoms with E-state index in [-0.39, 0.29) is 11.6 Å². The van der Waals surface area contributed by atoms with Crippen LogP contribution in [-0.2, 0) is 6.54 Å². The fraction of sp³-hybridized carbons (Fsp3) is 0.250. The van der Waals surface area contributed by atoms with Gasteiger partial charge in [0.1, 0.15) is 5.82 Å². The molecule has 0 aliphatic carbocycles. The molecule has 0 amide bonds. The number of halogens is 1. The topological polar surface area (TPSA) is 53.1 Å². The molecule has 1 heterocycles. The Morgan fingerprint density at radius 1 is 1.47 bits per heavy atom. The molecule has 0 saturated heterocycles. The maximum Gasteiger partial charge on any atom is 0.165 e. The van der Waals surface area contributed by atoms with E-state index in [0.717, 1.165) is 11.1 Å². The van der Waals surface area contributed by atoms with Crippen molar-refractivity contribution in [3.05, 3.63) is 41.3 Å². The highest BCUT2D eigenvalue weighted by atomic mass is 19.1. The van der Waals surface area contributed by atoms with Crippen LogP contribution in [0.5, 0.6) is 5.75 Å². The van der Waals surface area contributed by atoms with E-state index in [2.05, 4.69) is 5.10 Å². The largest absolute Gasteiger partial charge is 0.494 e. The Morgan fingerprint density at radius 2 is 2.24 bits per heavy atom. The molecule has 0 saturated carbocycles. The van der Waals surface area contributed by atoms with E-state index < -0.39 is 0 Å². The molecule has 5 heteroatoms. The highest BCUT2D eigenvalue weighted by molar-refractivity contribution is 5.38. The Labute approximate surface area is 98.8 Å². The maximum absolute atomic E-state index is 13.5. The second-order valence-electron chi connectivity index (χ2n) is 3.84. The third-order valence-corrected chi connectivity index (χ3v) is 2.62. The van der Waals surface area contributed by atoms with E-state index in [1.165, 1.54) is 13.2 Å². The number of aryl methyl sites for hydroxylation is 1. The number of nitrogens with zero attached hydrogens (tertiary/aromatic N) is 2. The van der Waals surface area contributed by atoms with Gasteiger partial charge in [-0.2, -0.15) is 5.10 Å². The third kappa shape index (κ3) is 2.22. The maximum atomic E-state index is 13.5. The monoisotopic (exact) mass is 235 g/mol. The highest BCUT2D eigenvalue weighted by Crippen LogP contribution is 2.19. The van der Waals surface area contributed by atoms with Gasteiger partial charge in [0.05, 0.1) is 19.9 Å². The molecular formula is C12H14FN3O. The van der Waals surface area contributed by atoms with Crippen molar-refractivity contribution in [2.24, 2.45) is 0 Å². The number of ether oxygens (including phenoxy) is 1. The van der Waals surface area contributed by atoms with Crippen molar-refractivity contribution in [2.75, 3.05) is 12.8 Å². The van der Waals surface area contributed by atoms with Gasteiger partial charge in [-0.25, -0.2) is 9.07 Å². The van der Waals surface area contributed by atoms with Crippen LogP contribution in [0.2, 0.25) is 0 Å². The summed E-state index contributed by atoms with van der Waals surface area (Å²) in [5.74, 6) is 0.451. The summed E-state index contributed by atoms with van der Waals surface area (Å²) in [4.78, 5) is 0. The molecule has 2 N–H and O–H groups in total. The molecule has 0 radical (unpaired) electrons. The van der Waals surface area contributed by atoms with Crippen molar-refractivity contribution in [1.29, 1.82) is 0 Å². The number of anilines is 1. The number of nitrogen functional groups attached to an aromatic ring is 1. The van der Waals surface area contributed by atoms with Gasteiger partial charge in [-0.15, -0.1) is 0 Å². The van der Waals surface area contributed by atoms with Gasteiger partial charge in [0.2, 0.25) is 0 Å². The van der Waals surface area contributed by atoms with Gasteiger partial charge in [-0.3, -0.25) is 0 Å². The molecule has 17 heavy (non-hydrogen) atoms. The second-order valence-corrected chi connectivity index (χ2v) is 3.84. The number of aromatic nitrogens is 2. The van der Waals surface area contributed by atoms with Crippen LogP contribution in [0.25, 0.3) is 0 Å². The summed E-state index contributed by atoms with van der Waals surface area (Å²) in [6, 6.07) is 4.81. The molecule has 4 nitrogen and oxygen atoms in total. The first kappa shape index (κ1) is 11.4. The van der Waals surface area contributed by atoms with Gasteiger partial charge >= 0.3 is 0 Å². The summed E-state index contributed by atoms with van der Waals surface area (Å²) in [7, 11) is 1.44. The first-order valence-corrected chi connectivity index (χ1v) is 5.22. The predicted molar refractivity (Wildman–Crippen MR) is 63.4 cm³/mol. The lowest BCUT2D eigenvalue weighted by molar-refractivity contribution is 0.386. The number of benzene rings is 1. The SMILES string of the molecule is COc1ccc(Cn2ncc(C)c2N)cc1F. The molecule has 0 atom stereocenters. The first-order chi connectivity index (χ1) is 8.11. The van der Waals surface area contributed by atoms with Crippen molar-refractivity contribution < 1.29 is 9.13 Å². The molecule has 0 spiro atoms. The Hall–Kier alpha value is -2.04. The minimum absolute atomic E-state index is 0.235. The van der Waals surface area contributed by atoms with Gasteiger partial charge in [-0.1, -0.05) is 6.07 Å². The zero-order chi connectivity index (χ0) is 12.4. The van der Waals surface area contributed by atoms with Crippen LogP contribution in [0.4, 0.5) is 10.2 Å². The Morgan fingerprint density at radius 3 is 2.76 bits per heavy atom. The summed E-state index contributed by atoms with van der Waals surface area (Å²) < 4.78 is 20.0. The lowest BCUT2D eigenvalue weighted by Crippen LogP contribution is -2.06. The average Bonchev–Trinajstić information content (AvgIpc) is 2.61. The van der Waals surface area contributed by atoms with E-state index in [0.29, 0.717) is 12.4 Å². The lowest BCUT2D eigenvalue weighted by atomic mass is 10.2. The Kier molecular flexibility index (Phi) is 2.99. The van der Waals surface area contributed by atoms with Crippen molar-refractivity contribution >= 4 is 5.82 Å². The molecule has 2 rings (SSSR count). The molecule has 0 aliphatic heterocycles. The van der Waals surface area contributed by atoms with E-state index in [9.17, 15) is 4.39 Å². The molecule has 1 aromatic heterocycles. The molecule has 0 unspecified atom stereocenters. The summed E-state index contributed by atoms with van der Waals surface area (Å²) in [6.07, 6.45) is 1.69. The fourth-order valence-electron chi connectivity index (χ4n) is 1.60. The molecule has 0 aliphatic rings. The summed E-state index contributed by atoms with van der Waals surface area (Å²) in [5.41, 5.74) is 7.53. The van der Waals surface area contributed by atoms with Crippen molar-refractivity contribution in [2.45, 2.75) is 13.5 Å². The summed E-state index contributed by atoms with van der Waals surface area (Å²) >= 11 is 0. The fourth-order valence-corrected chi connectivity index (χ4v) is 1.60. The van der Waals surface area contributed by atoms with Gasteiger partial charge < -0.3 is 10.5 Å². The second kappa shape index (κ2) is 4.45. The third-order valence-electron chi connectivity index (χ3n) is 2.62. The van der Waals surface area contributed by atoms with Crippen LogP contribution >= 0.6 is 0 Å². The van der Waals surface area contributed by atoms with Crippen LogP contribution in [0, 0.1) is 12.7 Å². The van der Waals surface area contributed by atoms with Crippen LogP contribution in [0.3, 0.4) is 0 Å². The van der Waals surface area contributed by atoms with E-state index in [1.54, 1.807) is 23.0 Å². The number of hydrogen-bond donors (Lipinski definition) is 1. The minimum atomic E-state index is -0.382. The normalized spacial score (nSPS) is 10.5. The lowest BCUT2D eigenvalue weighted by Gasteiger charge is -2.07. The smallest absolute Gasteiger partial charge is 0.165 e. The molecular weight excluding hydrogens is 221 g/mol. The standard InChI is InChI=1S/C12H14FN3O/c1-8-6-15-16(12(8)14)7-9-3-4-11(17-2)10(13)5-9/h3-6H,7,14H2,1-2H3. The van der Waals surface area contributed by atoms with Crippen molar-refractivity contribution in [3.8, 4) is 5.75 Å². The van der Waals surface area contributed by atoms with Gasteiger partial charge in [-0.05, 0) is 24.6 Å². The summed E-state index contributed by atoms with van der Waals surface area (Å²) in [5, 5.41) is 4.12. The highest BCUT2D eigenvalue weighted by Gasteiger charge is 2.07. The van der Waals surface area contributed by atoms with E-state index >= 15 is 0 Å². The van der Waals surface area contributed by atoms with E-state index in [1.807, 2.05) is 6.92 Å². The number of nitrogens with two attached hydrogens (primary N) is 1. The molecule has 0 fully saturated rings. The van der Waals surface area contributed by atoms with E-state index in [4.69, 9.17) is 10.5 Å². The number of rotatable bonds is 3. The van der Waals surface area contributed by atoms with Crippen LogP contribution in [0.15, 0.2) is 24.4 Å². The quantitative estimate of drug-likeness (QED) is 0.884. The van der Waals surface area contributed by atoms with Crippen LogP contribution < -0.4 is 10.5 Å². The summed E-state index contributed by atoms with van der Waals surface area (Å²) in [6.45, 7) is 2.33. The Balaban J connectivity index is 2.25. The molecule has 2 aromatic rings. The zero-order valence-electron chi connectivity index (χ0n) is 9.77. The molecule has 90 valence electrons.